The van der Waals surface area contributed by atoms with E-state index in [1.807, 2.05) is 0 Å². The van der Waals surface area contributed by atoms with Crippen molar-refractivity contribution in [3.8, 4) is 0 Å². The monoisotopic (exact) mass is 343 g/mol. The van der Waals surface area contributed by atoms with Crippen LogP contribution in [0.1, 0.15) is 10.1 Å². The van der Waals surface area contributed by atoms with Crippen LogP contribution in [0.25, 0.3) is 21.9 Å². The number of para-hydroxylation sites is 1. The standard InChI is InChI=1S/C18H19N2Se/c1-19(2)15-11-8-14(9-12-15)10-13-18-20(3)16-6-4-5-7-17(16)21-18/h4-13H,1-3H3/q+1. The van der Waals surface area contributed by atoms with E-state index in [-0.39, 0.29) is 0 Å². The average molecular weight is 342 g/mol. The molecule has 1 aromatic heterocycles. The Morgan fingerprint density at radius 3 is 2.33 bits per heavy atom. The molecule has 0 N–H and O–H groups in total. The van der Waals surface area contributed by atoms with Crippen molar-refractivity contribution in [3.63, 3.8) is 0 Å². The first-order valence-electron chi connectivity index (χ1n) is 6.98. The Morgan fingerprint density at radius 1 is 0.952 bits per heavy atom. The van der Waals surface area contributed by atoms with E-state index >= 15 is 0 Å². The Balaban J connectivity index is 1.89. The van der Waals surface area contributed by atoms with Crippen molar-refractivity contribution in [3.05, 3.63) is 58.7 Å². The molecule has 0 fully saturated rings. The second kappa shape index (κ2) is 5.88. The molecule has 0 aliphatic rings. The van der Waals surface area contributed by atoms with Gasteiger partial charge in [-0.1, -0.05) is 0 Å². The second-order valence-electron chi connectivity index (χ2n) is 5.29. The molecule has 3 heteroatoms. The molecular weight excluding hydrogens is 323 g/mol. The second-order valence-corrected chi connectivity index (χ2v) is 7.51. The third-order valence-electron chi connectivity index (χ3n) is 3.60. The zero-order valence-electron chi connectivity index (χ0n) is 12.6. The van der Waals surface area contributed by atoms with Gasteiger partial charge in [0.2, 0.25) is 0 Å². The van der Waals surface area contributed by atoms with E-state index in [4.69, 9.17) is 0 Å². The third-order valence-corrected chi connectivity index (χ3v) is 6.08. The van der Waals surface area contributed by atoms with Crippen LogP contribution in [-0.2, 0) is 7.05 Å². The van der Waals surface area contributed by atoms with Crippen molar-refractivity contribution in [2.24, 2.45) is 7.05 Å². The summed E-state index contributed by atoms with van der Waals surface area (Å²) in [7, 11) is 6.28. The van der Waals surface area contributed by atoms with Gasteiger partial charge in [-0.2, -0.15) is 0 Å². The van der Waals surface area contributed by atoms with E-state index < -0.39 is 0 Å². The number of aromatic nitrogens is 1. The molecule has 0 radical (unpaired) electrons. The average Bonchev–Trinajstić information content (AvgIpc) is 2.82. The Labute approximate surface area is 131 Å². The van der Waals surface area contributed by atoms with Gasteiger partial charge in [0.25, 0.3) is 0 Å². The van der Waals surface area contributed by atoms with Crippen molar-refractivity contribution < 1.29 is 4.57 Å². The van der Waals surface area contributed by atoms with Crippen molar-refractivity contribution in [2.45, 2.75) is 0 Å². The van der Waals surface area contributed by atoms with Crippen molar-refractivity contribution in [2.75, 3.05) is 19.0 Å². The Kier molecular flexibility index (Phi) is 3.96. The molecule has 0 saturated carbocycles. The number of hydrogen-bond acceptors (Lipinski definition) is 1. The van der Waals surface area contributed by atoms with Crippen molar-refractivity contribution in [1.29, 1.82) is 0 Å². The van der Waals surface area contributed by atoms with Gasteiger partial charge >= 0.3 is 131 Å². The molecule has 2 nitrogen and oxygen atoms in total. The zero-order chi connectivity index (χ0) is 14.8. The molecule has 0 aliphatic carbocycles. The van der Waals surface area contributed by atoms with Gasteiger partial charge in [-0.25, -0.2) is 0 Å². The minimum atomic E-state index is 0.408. The van der Waals surface area contributed by atoms with Gasteiger partial charge in [0.15, 0.2) is 0 Å². The number of anilines is 1. The van der Waals surface area contributed by atoms with Gasteiger partial charge in [0.1, 0.15) is 0 Å². The van der Waals surface area contributed by atoms with E-state index in [0.29, 0.717) is 14.5 Å². The van der Waals surface area contributed by atoms with E-state index in [0.717, 1.165) is 0 Å². The summed E-state index contributed by atoms with van der Waals surface area (Å²) in [6.07, 6.45) is 4.46. The zero-order valence-corrected chi connectivity index (χ0v) is 14.3. The van der Waals surface area contributed by atoms with Gasteiger partial charge in [0.05, 0.1) is 0 Å². The summed E-state index contributed by atoms with van der Waals surface area (Å²) in [5.41, 5.74) is 3.82. The summed E-state index contributed by atoms with van der Waals surface area (Å²) < 4.78 is 5.18. The van der Waals surface area contributed by atoms with Crippen LogP contribution in [0.4, 0.5) is 5.69 Å². The van der Waals surface area contributed by atoms with Crippen LogP contribution in [0.2, 0.25) is 0 Å². The summed E-state index contributed by atoms with van der Waals surface area (Å²) >= 11 is 0.408. The fourth-order valence-electron chi connectivity index (χ4n) is 2.32. The fraction of sp³-hybridized carbons (Fsp3) is 0.167. The van der Waals surface area contributed by atoms with Gasteiger partial charge < -0.3 is 0 Å². The summed E-state index contributed by atoms with van der Waals surface area (Å²) in [6, 6.07) is 17.3. The van der Waals surface area contributed by atoms with E-state index in [2.05, 4.69) is 91.3 Å². The van der Waals surface area contributed by atoms with Crippen LogP contribution in [0.5, 0.6) is 0 Å². The quantitative estimate of drug-likeness (QED) is 0.524. The maximum atomic E-state index is 2.31. The Morgan fingerprint density at radius 2 is 1.67 bits per heavy atom. The SMILES string of the molecule is CN(C)c1ccc(/C=C/c2[se]c3ccccc3[n+]2C)cc1. The third kappa shape index (κ3) is 2.94. The Bertz CT molecular complexity index is 783. The maximum absolute atomic E-state index is 2.31. The molecule has 0 saturated heterocycles. The van der Waals surface area contributed by atoms with Crippen molar-refractivity contribution in [1.82, 2.24) is 0 Å². The molecule has 2 aromatic carbocycles. The van der Waals surface area contributed by atoms with Gasteiger partial charge in [-0.15, -0.1) is 0 Å². The predicted molar refractivity (Wildman–Crippen MR) is 91.8 cm³/mol. The van der Waals surface area contributed by atoms with Crippen LogP contribution in [-0.4, -0.2) is 28.6 Å². The number of hydrogen-bond donors (Lipinski definition) is 0. The van der Waals surface area contributed by atoms with Gasteiger partial charge in [-0.3, -0.25) is 0 Å². The molecule has 0 atom stereocenters. The number of rotatable bonds is 3. The number of fused-ring (bicyclic) bond motifs is 1. The molecule has 3 aromatic rings. The first-order chi connectivity index (χ1) is 10.1. The van der Waals surface area contributed by atoms with Crippen LogP contribution in [0, 0.1) is 0 Å². The molecule has 21 heavy (non-hydrogen) atoms. The van der Waals surface area contributed by atoms with Crippen LogP contribution >= 0.6 is 0 Å². The van der Waals surface area contributed by atoms with Gasteiger partial charge in [0, 0.05) is 0 Å². The fourth-order valence-corrected chi connectivity index (χ4v) is 4.53. The first kappa shape index (κ1) is 14.1. The van der Waals surface area contributed by atoms with Crippen molar-refractivity contribution >= 4 is 42.1 Å². The number of nitrogens with zero attached hydrogens (tertiary/aromatic N) is 2. The van der Waals surface area contributed by atoms with Crippen LogP contribution in [0.15, 0.2) is 48.5 Å². The normalized spacial score (nSPS) is 11.4. The molecule has 0 unspecified atom stereocenters. The minimum absolute atomic E-state index is 0.408. The molecule has 1 heterocycles. The molecule has 106 valence electrons. The summed E-state index contributed by atoms with van der Waals surface area (Å²) in [4.78, 5) is 2.12. The van der Waals surface area contributed by atoms with Gasteiger partial charge in [-0.05, 0) is 0 Å². The molecule has 0 spiro atoms. The topological polar surface area (TPSA) is 7.12 Å². The Hall–Kier alpha value is -1.83. The molecule has 0 bridgehead atoms. The van der Waals surface area contributed by atoms with E-state index in [1.54, 1.807) is 0 Å². The number of aryl methyl sites for hydroxylation is 1. The van der Waals surface area contributed by atoms with E-state index in [9.17, 15) is 0 Å². The summed E-state index contributed by atoms with van der Waals surface area (Å²) in [6.45, 7) is 0. The van der Waals surface area contributed by atoms with Crippen LogP contribution in [0.3, 0.4) is 0 Å². The molecule has 0 aliphatic heterocycles. The first-order valence-corrected chi connectivity index (χ1v) is 8.69. The molecule has 3 rings (SSSR count). The number of benzene rings is 2. The summed E-state index contributed by atoms with van der Waals surface area (Å²) in [5, 5.41) is 0. The summed E-state index contributed by atoms with van der Waals surface area (Å²) in [5.74, 6) is 0. The predicted octanol–water partition coefficient (Wildman–Crippen LogP) is 2.96. The molecular formula is C18H19N2Se+. The van der Waals surface area contributed by atoms with E-state index in [1.165, 1.54) is 25.6 Å². The van der Waals surface area contributed by atoms with Crippen LogP contribution < -0.4 is 9.47 Å². The molecule has 0 amide bonds.